The van der Waals surface area contributed by atoms with E-state index < -0.39 is 0 Å². The number of benzene rings is 6. The van der Waals surface area contributed by atoms with Crippen LogP contribution in [0.1, 0.15) is 64.5 Å². The average Bonchev–Trinajstić information content (AvgIpc) is 3.73. The minimum atomic E-state index is -0.176. The third-order valence-electron chi connectivity index (χ3n) is 14.0. The van der Waals surface area contributed by atoms with Crippen LogP contribution in [0.3, 0.4) is 0 Å². The second-order valence-corrected chi connectivity index (χ2v) is 18.9. The van der Waals surface area contributed by atoms with Crippen LogP contribution in [0.5, 0.6) is 11.5 Å². The Balaban J connectivity index is 0.898. The minimum absolute atomic E-state index is 0.148. The Morgan fingerprint density at radius 2 is 1.04 bits per heavy atom. The van der Waals surface area contributed by atoms with E-state index in [0.717, 1.165) is 84.4 Å². The molecule has 0 aromatic heterocycles. The highest BCUT2D eigenvalue weighted by molar-refractivity contribution is 6.33. The van der Waals surface area contributed by atoms with Crippen molar-refractivity contribution in [2.24, 2.45) is 5.10 Å². The number of fused-ring (bicyclic) bond motifs is 2. The molecule has 0 aliphatic carbocycles. The van der Waals surface area contributed by atoms with Crippen LogP contribution in [-0.2, 0) is 10.8 Å². The molecule has 68 heavy (non-hydrogen) atoms. The van der Waals surface area contributed by atoms with Crippen LogP contribution >= 0.6 is 0 Å². The van der Waals surface area contributed by atoms with Crippen molar-refractivity contribution in [1.29, 1.82) is 0 Å². The van der Waals surface area contributed by atoms with Crippen LogP contribution in [-0.4, -0.2) is 72.0 Å². The van der Waals surface area contributed by atoms with E-state index in [4.69, 9.17) is 14.6 Å². The van der Waals surface area contributed by atoms with Crippen molar-refractivity contribution in [2.75, 3.05) is 80.2 Å². The normalized spacial score (nSPS) is 15.1. The SMILES string of the molecule is COc1ccc(N(C)c2ccc(N(C)N=CC3=[N+](CCCCCCN4C(=CNN(C)c5ccc(N(C)c6ccc(OC)cc6)cc5)C(C)(C)c5ccccc54)c4ccccc4C3(C)C)cc2)cc1. The summed E-state index contributed by atoms with van der Waals surface area (Å²) in [6.45, 7) is 11.2. The van der Waals surface area contributed by atoms with E-state index in [1.807, 2.05) is 36.3 Å². The first-order valence-corrected chi connectivity index (χ1v) is 23.9. The summed E-state index contributed by atoms with van der Waals surface area (Å²) in [6, 6.07) is 51.2. The molecular weight excluding hydrogens is 841 g/mol. The van der Waals surface area contributed by atoms with Gasteiger partial charge in [-0.3, -0.25) is 10.0 Å². The molecule has 0 radical (unpaired) electrons. The summed E-state index contributed by atoms with van der Waals surface area (Å²) in [5.74, 6) is 1.70. The minimum Gasteiger partial charge on any atom is -0.497 e. The number of hydrazine groups is 1. The third kappa shape index (κ3) is 9.77. The number of nitrogens with one attached hydrogen (secondary N) is 1. The molecule has 0 spiro atoms. The summed E-state index contributed by atoms with van der Waals surface area (Å²) in [7, 11) is 11.7. The molecule has 10 heteroatoms. The second kappa shape index (κ2) is 20.3. The van der Waals surface area contributed by atoms with E-state index in [0.29, 0.717) is 0 Å². The van der Waals surface area contributed by atoms with Gasteiger partial charge in [0.05, 0.1) is 31.0 Å². The van der Waals surface area contributed by atoms with Crippen molar-refractivity contribution in [3.63, 3.8) is 0 Å². The maximum Gasteiger partial charge on any atom is 0.212 e. The lowest BCUT2D eigenvalue weighted by Crippen LogP contribution is -2.34. The molecule has 6 aromatic carbocycles. The number of hydrogen-bond donors (Lipinski definition) is 1. The molecule has 0 fully saturated rings. The van der Waals surface area contributed by atoms with Gasteiger partial charge >= 0.3 is 0 Å². The summed E-state index contributed by atoms with van der Waals surface area (Å²) in [5, 5.41) is 9.10. The Bertz CT molecular complexity index is 2740. The molecule has 1 N–H and O–H groups in total. The maximum atomic E-state index is 5.35. The van der Waals surface area contributed by atoms with E-state index >= 15 is 0 Å². The first-order valence-electron chi connectivity index (χ1n) is 23.9. The van der Waals surface area contributed by atoms with Gasteiger partial charge in [-0.1, -0.05) is 56.7 Å². The fourth-order valence-electron chi connectivity index (χ4n) is 9.69. The van der Waals surface area contributed by atoms with Gasteiger partial charge in [-0.25, -0.2) is 0 Å². The molecule has 10 nitrogen and oxygen atoms in total. The van der Waals surface area contributed by atoms with Gasteiger partial charge in [-0.15, -0.1) is 0 Å². The van der Waals surface area contributed by atoms with Crippen LogP contribution < -0.4 is 39.6 Å². The van der Waals surface area contributed by atoms with Crippen LogP contribution in [0.2, 0.25) is 0 Å². The number of ether oxygens (including phenoxy) is 2. The van der Waals surface area contributed by atoms with E-state index in [1.165, 1.54) is 33.9 Å². The van der Waals surface area contributed by atoms with Crippen molar-refractivity contribution >= 4 is 57.4 Å². The molecule has 0 amide bonds. The predicted molar refractivity (Wildman–Crippen MR) is 286 cm³/mol. The van der Waals surface area contributed by atoms with Crippen molar-refractivity contribution in [3.8, 4) is 11.5 Å². The lowest BCUT2D eigenvalue weighted by Gasteiger charge is -2.29. The van der Waals surface area contributed by atoms with Crippen molar-refractivity contribution < 1.29 is 14.0 Å². The molecule has 2 aliphatic rings. The average molecular weight is 910 g/mol. The van der Waals surface area contributed by atoms with Crippen molar-refractivity contribution in [1.82, 2.24) is 5.43 Å². The van der Waals surface area contributed by atoms with Crippen LogP contribution in [0.15, 0.2) is 163 Å². The smallest absolute Gasteiger partial charge is 0.212 e. The molecule has 352 valence electrons. The van der Waals surface area contributed by atoms with E-state index in [9.17, 15) is 0 Å². The van der Waals surface area contributed by atoms with Gasteiger partial charge in [0.2, 0.25) is 11.4 Å². The lowest BCUT2D eigenvalue weighted by atomic mass is 9.82. The Kier molecular flexibility index (Phi) is 14.2. The summed E-state index contributed by atoms with van der Waals surface area (Å²) in [5.41, 5.74) is 17.6. The van der Waals surface area contributed by atoms with Crippen LogP contribution in [0.4, 0.5) is 45.5 Å². The maximum absolute atomic E-state index is 5.35. The van der Waals surface area contributed by atoms with E-state index in [2.05, 4.69) is 212 Å². The zero-order valence-corrected chi connectivity index (χ0v) is 41.7. The monoisotopic (exact) mass is 910 g/mol. The molecule has 0 atom stereocenters. The zero-order valence-electron chi connectivity index (χ0n) is 41.7. The number of methoxy groups -OCH3 is 2. The molecule has 6 aromatic rings. The standard InChI is InChI=1S/C58H69N8O2/c1-57(2)51-19-13-15-21-53(51)65(55(57)41-59-63(7)47-27-23-43(24-28-47)61(5)45-31-35-49(67-9)36-32-45)39-17-11-12-18-40-66-54-22-16-14-20-52(54)58(3,4)56(66)42-60-64(8)48-29-25-44(26-30-48)62(6)46-33-37-50(68-10)38-34-46/h13-16,19-38,41-42,59H,11-12,17-18,39-40H2,1-10H3/q+1. The largest absolute Gasteiger partial charge is 0.497 e. The highest BCUT2D eigenvalue weighted by Crippen LogP contribution is 2.47. The van der Waals surface area contributed by atoms with E-state index in [-0.39, 0.29) is 10.8 Å². The second-order valence-electron chi connectivity index (χ2n) is 18.9. The van der Waals surface area contributed by atoms with E-state index in [1.54, 1.807) is 14.2 Å². The summed E-state index contributed by atoms with van der Waals surface area (Å²) < 4.78 is 13.2. The number of hydrogen-bond acceptors (Lipinski definition) is 9. The molecule has 0 bridgehead atoms. The number of nitrogens with zero attached hydrogens (tertiary/aromatic N) is 7. The number of unbranched alkanes of at least 4 members (excludes halogenated alkanes) is 3. The van der Waals surface area contributed by atoms with Gasteiger partial charge in [0.15, 0.2) is 0 Å². The fourth-order valence-corrected chi connectivity index (χ4v) is 9.69. The summed E-state index contributed by atoms with van der Waals surface area (Å²) in [4.78, 5) is 6.88. The van der Waals surface area contributed by atoms with Crippen LogP contribution in [0.25, 0.3) is 0 Å². The molecule has 2 heterocycles. The highest BCUT2D eigenvalue weighted by atomic mass is 16.5. The summed E-state index contributed by atoms with van der Waals surface area (Å²) in [6.07, 6.45) is 8.76. The highest BCUT2D eigenvalue weighted by Gasteiger charge is 2.45. The van der Waals surface area contributed by atoms with Gasteiger partial charge in [0.1, 0.15) is 24.3 Å². The Labute approximate surface area is 405 Å². The Hall–Kier alpha value is -7.20. The quantitative estimate of drug-likeness (QED) is 0.0373. The number of para-hydroxylation sites is 2. The number of anilines is 7. The zero-order chi connectivity index (χ0) is 48.0. The van der Waals surface area contributed by atoms with Crippen molar-refractivity contribution in [2.45, 2.75) is 64.2 Å². The van der Waals surface area contributed by atoms with Gasteiger partial charge in [0.25, 0.3) is 0 Å². The molecule has 0 saturated heterocycles. The fraction of sp³-hybridized carbons (Fsp3) is 0.310. The van der Waals surface area contributed by atoms with Gasteiger partial charge < -0.3 is 29.6 Å². The lowest BCUT2D eigenvalue weighted by molar-refractivity contribution is -0.437. The molecule has 8 rings (SSSR count). The molecule has 0 saturated carbocycles. The molecule has 0 unspecified atom stereocenters. The topological polar surface area (TPSA) is 62.1 Å². The van der Waals surface area contributed by atoms with Crippen molar-refractivity contribution in [3.05, 3.63) is 169 Å². The first kappa shape index (κ1) is 47.3. The third-order valence-corrected chi connectivity index (χ3v) is 14.0. The van der Waals surface area contributed by atoms with Crippen LogP contribution in [0, 0.1) is 0 Å². The first-order chi connectivity index (χ1) is 32.8. The van der Waals surface area contributed by atoms with Gasteiger partial charge in [0, 0.05) is 98.5 Å². The Morgan fingerprint density at radius 3 is 1.62 bits per heavy atom. The summed E-state index contributed by atoms with van der Waals surface area (Å²) >= 11 is 0. The number of rotatable bonds is 19. The van der Waals surface area contributed by atoms with Gasteiger partial charge in [-0.2, -0.15) is 9.68 Å². The number of allylic oxidation sites excluding steroid dienone is 1. The predicted octanol–water partition coefficient (Wildman–Crippen LogP) is 12.6. The van der Waals surface area contributed by atoms with Gasteiger partial charge in [-0.05, 0) is 135 Å². The molecular formula is C58H69N8O2+. The Morgan fingerprint density at radius 1 is 0.559 bits per heavy atom. The number of hydrazone groups is 1. The molecule has 2 aliphatic heterocycles.